The number of rotatable bonds is 3. The standard InChI is InChI=1S/C15H28N4O/c1-2-15(20)18-5-3-12(4-6-18)7-17-8-13-10-19(16)11-14(13)9-17/h12-14H,2-11,16H2,1H3/t13-,14+. The second kappa shape index (κ2) is 6.00. The molecule has 0 unspecified atom stereocenters. The second-order valence-electron chi connectivity index (χ2n) is 6.87. The number of hydrazine groups is 1. The molecule has 0 bridgehead atoms. The summed E-state index contributed by atoms with van der Waals surface area (Å²) in [6, 6.07) is 0. The lowest BCUT2D eigenvalue weighted by Crippen LogP contribution is -2.41. The molecule has 0 saturated carbocycles. The third-order valence-electron chi connectivity index (χ3n) is 5.38. The zero-order valence-corrected chi connectivity index (χ0v) is 12.6. The molecule has 3 heterocycles. The second-order valence-corrected chi connectivity index (χ2v) is 6.87. The van der Waals surface area contributed by atoms with E-state index in [1.54, 1.807) is 0 Å². The predicted molar refractivity (Wildman–Crippen MR) is 78.8 cm³/mol. The fourth-order valence-electron chi connectivity index (χ4n) is 4.23. The number of nitrogens with zero attached hydrogens (tertiary/aromatic N) is 3. The van der Waals surface area contributed by atoms with Crippen LogP contribution < -0.4 is 5.84 Å². The lowest BCUT2D eigenvalue weighted by molar-refractivity contribution is -0.132. The Labute approximate surface area is 122 Å². The van der Waals surface area contributed by atoms with Crippen molar-refractivity contribution in [1.82, 2.24) is 14.8 Å². The summed E-state index contributed by atoms with van der Waals surface area (Å²) < 4.78 is 0. The van der Waals surface area contributed by atoms with Crippen LogP contribution in [-0.2, 0) is 4.79 Å². The molecule has 0 aromatic carbocycles. The van der Waals surface area contributed by atoms with Gasteiger partial charge in [0, 0.05) is 52.2 Å². The summed E-state index contributed by atoms with van der Waals surface area (Å²) in [5.74, 6) is 8.58. The summed E-state index contributed by atoms with van der Waals surface area (Å²) in [6.45, 7) is 9.72. The van der Waals surface area contributed by atoms with E-state index in [0.717, 1.165) is 43.9 Å². The maximum atomic E-state index is 11.7. The Hall–Kier alpha value is -0.650. The van der Waals surface area contributed by atoms with Crippen molar-refractivity contribution in [1.29, 1.82) is 0 Å². The molecule has 114 valence electrons. The molecule has 20 heavy (non-hydrogen) atoms. The molecule has 3 rings (SSSR count). The minimum atomic E-state index is 0.321. The number of amides is 1. The lowest BCUT2D eigenvalue weighted by Gasteiger charge is -2.34. The van der Waals surface area contributed by atoms with Crippen LogP contribution >= 0.6 is 0 Å². The Bertz CT molecular complexity index is 340. The van der Waals surface area contributed by atoms with E-state index in [1.807, 2.05) is 16.8 Å². The minimum Gasteiger partial charge on any atom is -0.343 e. The Morgan fingerprint density at radius 2 is 1.70 bits per heavy atom. The molecule has 3 aliphatic rings. The molecule has 0 aromatic rings. The van der Waals surface area contributed by atoms with Crippen LogP contribution in [0.15, 0.2) is 0 Å². The smallest absolute Gasteiger partial charge is 0.222 e. The van der Waals surface area contributed by atoms with Gasteiger partial charge in [-0.2, -0.15) is 0 Å². The predicted octanol–water partition coefficient (Wildman–Crippen LogP) is 0.372. The van der Waals surface area contributed by atoms with Gasteiger partial charge in [-0.3, -0.25) is 10.6 Å². The normalized spacial score (nSPS) is 32.8. The number of piperidine rings is 1. The number of carbonyl (C=O) groups excluding carboxylic acids is 1. The molecule has 3 saturated heterocycles. The number of fused-ring (bicyclic) bond motifs is 1. The van der Waals surface area contributed by atoms with Crippen molar-refractivity contribution in [2.75, 3.05) is 45.8 Å². The Balaban J connectivity index is 1.41. The topological polar surface area (TPSA) is 52.8 Å². The maximum absolute atomic E-state index is 11.7. The first-order chi connectivity index (χ1) is 9.65. The third-order valence-corrected chi connectivity index (χ3v) is 5.38. The summed E-state index contributed by atoms with van der Waals surface area (Å²) in [5, 5.41) is 1.99. The first-order valence-corrected chi connectivity index (χ1v) is 8.15. The lowest BCUT2D eigenvalue weighted by atomic mass is 9.96. The summed E-state index contributed by atoms with van der Waals surface area (Å²) >= 11 is 0. The average molecular weight is 280 g/mol. The number of hydrogen-bond acceptors (Lipinski definition) is 4. The van der Waals surface area contributed by atoms with Crippen molar-refractivity contribution in [3.63, 3.8) is 0 Å². The van der Waals surface area contributed by atoms with Crippen LogP contribution in [0.25, 0.3) is 0 Å². The van der Waals surface area contributed by atoms with Gasteiger partial charge in [0.1, 0.15) is 0 Å². The van der Waals surface area contributed by atoms with Crippen molar-refractivity contribution >= 4 is 5.91 Å². The van der Waals surface area contributed by atoms with Crippen molar-refractivity contribution in [3.8, 4) is 0 Å². The van der Waals surface area contributed by atoms with E-state index < -0.39 is 0 Å². The average Bonchev–Trinajstić information content (AvgIpc) is 2.95. The van der Waals surface area contributed by atoms with Gasteiger partial charge in [-0.1, -0.05) is 6.92 Å². The molecule has 1 amide bonds. The van der Waals surface area contributed by atoms with E-state index in [4.69, 9.17) is 5.84 Å². The summed E-state index contributed by atoms with van der Waals surface area (Å²) in [5.41, 5.74) is 0. The van der Waals surface area contributed by atoms with Gasteiger partial charge in [0.2, 0.25) is 5.91 Å². The highest BCUT2D eigenvalue weighted by Gasteiger charge is 2.39. The van der Waals surface area contributed by atoms with Gasteiger partial charge in [-0.15, -0.1) is 0 Å². The maximum Gasteiger partial charge on any atom is 0.222 e. The molecular formula is C15H28N4O. The fourth-order valence-corrected chi connectivity index (χ4v) is 4.23. The minimum absolute atomic E-state index is 0.321. The molecule has 5 heteroatoms. The van der Waals surface area contributed by atoms with Crippen molar-refractivity contribution < 1.29 is 4.79 Å². The molecule has 3 fully saturated rings. The SMILES string of the molecule is CCC(=O)N1CCC(CN2C[C@H]3CN(N)C[C@H]3C2)CC1. The van der Waals surface area contributed by atoms with Crippen LogP contribution in [-0.4, -0.2) is 66.5 Å². The van der Waals surface area contributed by atoms with E-state index in [0.29, 0.717) is 12.3 Å². The van der Waals surface area contributed by atoms with Crippen LogP contribution in [0.3, 0.4) is 0 Å². The van der Waals surface area contributed by atoms with E-state index >= 15 is 0 Å². The number of hydrogen-bond donors (Lipinski definition) is 1. The summed E-state index contributed by atoms with van der Waals surface area (Å²) in [6.07, 6.45) is 3.01. The molecule has 3 aliphatic heterocycles. The van der Waals surface area contributed by atoms with Gasteiger partial charge in [-0.05, 0) is 30.6 Å². The quantitative estimate of drug-likeness (QED) is 0.759. The Morgan fingerprint density at radius 1 is 1.10 bits per heavy atom. The molecule has 2 atom stereocenters. The number of nitrogens with two attached hydrogens (primary N) is 1. The molecule has 2 N–H and O–H groups in total. The molecule has 0 radical (unpaired) electrons. The molecule has 0 spiro atoms. The third kappa shape index (κ3) is 3.00. The van der Waals surface area contributed by atoms with Gasteiger partial charge in [0.15, 0.2) is 0 Å². The van der Waals surface area contributed by atoms with E-state index in [9.17, 15) is 4.79 Å². The molecule has 5 nitrogen and oxygen atoms in total. The van der Waals surface area contributed by atoms with Crippen molar-refractivity contribution in [2.24, 2.45) is 23.6 Å². The molecular weight excluding hydrogens is 252 g/mol. The largest absolute Gasteiger partial charge is 0.343 e. The number of carbonyl (C=O) groups is 1. The Morgan fingerprint density at radius 3 is 2.25 bits per heavy atom. The van der Waals surface area contributed by atoms with E-state index in [-0.39, 0.29) is 0 Å². The highest BCUT2D eigenvalue weighted by atomic mass is 16.2. The van der Waals surface area contributed by atoms with Crippen molar-refractivity contribution in [2.45, 2.75) is 26.2 Å². The highest BCUT2D eigenvalue weighted by Crippen LogP contribution is 2.31. The molecule has 0 aliphatic carbocycles. The monoisotopic (exact) mass is 280 g/mol. The van der Waals surface area contributed by atoms with Gasteiger partial charge in [0.25, 0.3) is 0 Å². The van der Waals surface area contributed by atoms with Crippen LogP contribution in [0.4, 0.5) is 0 Å². The van der Waals surface area contributed by atoms with Gasteiger partial charge in [-0.25, -0.2) is 5.01 Å². The fraction of sp³-hybridized carbons (Fsp3) is 0.933. The zero-order valence-electron chi connectivity index (χ0n) is 12.6. The van der Waals surface area contributed by atoms with Crippen molar-refractivity contribution in [3.05, 3.63) is 0 Å². The van der Waals surface area contributed by atoms with Gasteiger partial charge < -0.3 is 9.80 Å². The van der Waals surface area contributed by atoms with Crippen LogP contribution in [0.5, 0.6) is 0 Å². The first-order valence-electron chi connectivity index (χ1n) is 8.15. The van der Waals surface area contributed by atoms with Crippen LogP contribution in [0, 0.1) is 17.8 Å². The van der Waals surface area contributed by atoms with E-state index in [1.165, 1.54) is 32.5 Å². The molecule has 0 aromatic heterocycles. The summed E-state index contributed by atoms with van der Waals surface area (Å²) in [4.78, 5) is 16.4. The first kappa shape index (κ1) is 14.3. The van der Waals surface area contributed by atoms with Gasteiger partial charge in [0.05, 0.1) is 0 Å². The summed E-state index contributed by atoms with van der Waals surface area (Å²) in [7, 11) is 0. The highest BCUT2D eigenvalue weighted by molar-refractivity contribution is 5.75. The van der Waals surface area contributed by atoms with E-state index in [2.05, 4.69) is 4.90 Å². The number of likely N-dealkylation sites (tertiary alicyclic amines) is 2. The zero-order chi connectivity index (χ0) is 14.1. The van der Waals surface area contributed by atoms with Gasteiger partial charge >= 0.3 is 0 Å². The van der Waals surface area contributed by atoms with Crippen LogP contribution in [0.2, 0.25) is 0 Å². The van der Waals surface area contributed by atoms with Crippen LogP contribution in [0.1, 0.15) is 26.2 Å². The Kier molecular flexibility index (Phi) is 4.29.